The van der Waals surface area contributed by atoms with Crippen LogP contribution in [0.3, 0.4) is 0 Å². The minimum absolute atomic E-state index is 0.0645. The number of benzene rings is 1. The lowest BCUT2D eigenvalue weighted by molar-refractivity contribution is 0.00270. The molecular formula is C21H29ClN4O2. The van der Waals surface area contributed by atoms with Gasteiger partial charge in [0.05, 0.1) is 21.7 Å². The number of Topliss-reactive ketones (excluding diaryl/α,β-unsaturated/α-hetero) is 1. The van der Waals surface area contributed by atoms with Crippen molar-refractivity contribution >= 4 is 34.1 Å². The first-order chi connectivity index (χ1) is 13.5. The van der Waals surface area contributed by atoms with Crippen LogP contribution in [0.15, 0.2) is 12.1 Å². The number of ether oxygens (including phenoxy) is 1. The van der Waals surface area contributed by atoms with Gasteiger partial charge in [-0.25, -0.2) is 4.98 Å². The molecule has 2 saturated heterocycles. The summed E-state index contributed by atoms with van der Waals surface area (Å²) in [6.45, 7) is 11.3. The fourth-order valence-corrected chi connectivity index (χ4v) is 4.60. The number of fused-ring (bicyclic) bond motifs is 1. The molecule has 0 bridgehead atoms. The zero-order valence-corrected chi connectivity index (χ0v) is 17.6. The quantitative estimate of drug-likeness (QED) is 0.786. The van der Waals surface area contributed by atoms with Gasteiger partial charge in [-0.1, -0.05) is 25.4 Å². The number of hydrogen-bond acceptors (Lipinski definition) is 5. The molecule has 2 aromatic rings. The van der Waals surface area contributed by atoms with Crippen molar-refractivity contribution in [1.29, 1.82) is 0 Å². The molecule has 1 N–H and O–H groups in total. The lowest BCUT2D eigenvalue weighted by atomic mass is 9.95. The summed E-state index contributed by atoms with van der Waals surface area (Å²) in [6, 6.07) is 4.27. The van der Waals surface area contributed by atoms with E-state index in [1.54, 1.807) is 0 Å². The summed E-state index contributed by atoms with van der Waals surface area (Å²) < 4.78 is 5.69. The number of piperazine rings is 1. The maximum atomic E-state index is 12.8. The highest BCUT2D eigenvalue weighted by molar-refractivity contribution is 6.34. The van der Waals surface area contributed by atoms with Crippen molar-refractivity contribution < 1.29 is 9.53 Å². The maximum Gasteiger partial charge on any atom is 0.226 e. The topological polar surface area (TPSA) is 61.5 Å². The Morgan fingerprint density at radius 2 is 2.18 bits per heavy atom. The SMILES string of the molecule is CCN1CCN(c2cc3nc(C(=O)C4CC(C)CCO4)[nH]c3cc2Cl)C(C)C1. The smallest absolute Gasteiger partial charge is 0.226 e. The summed E-state index contributed by atoms with van der Waals surface area (Å²) in [5.74, 6) is 0.799. The highest BCUT2D eigenvalue weighted by Crippen LogP contribution is 2.33. The highest BCUT2D eigenvalue weighted by atomic mass is 35.5. The second-order valence-electron chi connectivity index (χ2n) is 8.20. The molecule has 0 amide bonds. The number of carbonyl (C=O) groups excluding carboxylic acids is 1. The molecule has 2 aliphatic rings. The molecule has 1 aromatic heterocycles. The Hall–Kier alpha value is -1.63. The number of ketones is 1. The lowest BCUT2D eigenvalue weighted by Gasteiger charge is -2.41. The highest BCUT2D eigenvalue weighted by Gasteiger charge is 2.29. The van der Waals surface area contributed by atoms with Crippen LogP contribution in [0, 0.1) is 5.92 Å². The van der Waals surface area contributed by atoms with Gasteiger partial charge in [0, 0.05) is 32.3 Å². The Labute approximate surface area is 171 Å². The van der Waals surface area contributed by atoms with E-state index in [1.807, 2.05) is 12.1 Å². The molecule has 6 nitrogen and oxygen atoms in total. The Bertz CT molecular complexity index is 867. The molecule has 1 aromatic carbocycles. The number of aromatic amines is 1. The minimum atomic E-state index is -0.401. The Balaban J connectivity index is 1.60. The molecule has 28 heavy (non-hydrogen) atoms. The molecule has 3 atom stereocenters. The fourth-order valence-electron chi connectivity index (χ4n) is 4.33. The third-order valence-corrected chi connectivity index (χ3v) is 6.39. The molecule has 152 valence electrons. The van der Waals surface area contributed by atoms with E-state index in [2.05, 4.69) is 40.5 Å². The van der Waals surface area contributed by atoms with Gasteiger partial charge in [0.1, 0.15) is 6.10 Å². The van der Waals surface area contributed by atoms with Crippen molar-refractivity contribution in [3.63, 3.8) is 0 Å². The van der Waals surface area contributed by atoms with Crippen LogP contribution in [0.1, 0.15) is 44.2 Å². The van der Waals surface area contributed by atoms with Crippen LogP contribution in [-0.2, 0) is 4.74 Å². The summed E-state index contributed by atoms with van der Waals surface area (Å²) in [5.41, 5.74) is 2.56. The van der Waals surface area contributed by atoms with E-state index in [1.165, 1.54) is 0 Å². The van der Waals surface area contributed by atoms with Crippen LogP contribution in [0.25, 0.3) is 11.0 Å². The van der Waals surface area contributed by atoms with Gasteiger partial charge in [-0.15, -0.1) is 0 Å². The van der Waals surface area contributed by atoms with E-state index in [4.69, 9.17) is 16.3 Å². The average molecular weight is 405 g/mol. The first-order valence-corrected chi connectivity index (χ1v) is 10.7. The van der Waals surface area contributed by atoms with Crippen molar-refractivity contribution in [1.82, 2.24) is 14.9 Å². The molecule has 2 aliphatic heterocycles. The predicted molar refractivity (Wildman–Crippen MR) is 112 cm³/mol. The molecule has 7 heteroatoms. The second-order valence-corrected chi connectivity index (χ2v) is 8.60. The predicted octanol–water partition coefficient (Wildman–Crippen LogP) is 3.74. The minimum Gasteiger partial charge on any atom is -0.370 e. The van der Waals surface area contributed by atoms with E-state index in [0.29, 0.717) is 29.4 Å². The van der Waals surface area contributed by atoms with Crippen LogP contribution in [-0.4, -0.2) is 65.6 Å². The average Bonchev–Trinajstić information content (AvgIpc) is 3.09. The van der Waals surface area contributed by atoms with Gasteiger partial charge in [-0.05, 0) is 44.4 Å². The molecular weight excluding hydrogens is 376 g/mol. The first kappa shape index (κ1) is 19.7. The van der Waals surface area contributed by atoms with E-state index >= 15 is 0 Å². The number of rotatable bonds is 4. The summed E-state index contributed by atoms with van der Waals surface area (Å²) >= 11 is 6.62. The van der Waals surface area contributed by atoms with Gasteiger partial charge in [-0.2, -0.15) is 0 Å². The number of imidazole rings is 1. The van der Waals surface area contributed by atoms with Crippen molar-refractivity contribution in [2.45, 2.75) is 45.8 Å². The number of likely N-dealkylation sites (N-methyl/N-ethyl adjacent to an activating group) is 1. The van der Waals surface area contributed by atoms with E-state index in [0.717, 1.165) is 55.7 Å². The monoisotopic (exact) mass is 404 g/mol. The molecule has 4 rings (SSSR count). The molecule has 0 aliphatic carbocycles. The molecule has 0 radical (unpaired) electrons. The fraction of sp³-hybridized carbons (Fsp3) is 0.619. The third-order valence-electron chi connectivity index (χ3n) is 6.09. The zero-order valence-electron chi connectivity index (χ0n) is 16.9. The number of nitrogens with zero attached hydrogens (tertiary/aromatic N) is 3. The maximum absolute atomic E-state index is 12.8. The number of anilines is 1. The Morgan fingerprint density at radius 3 is 2.89 bits per heavy atom. The van der Waals surface area contributed by atoms with Crippen molar-refractivity contribution in [2.75, 3.05) is 37.7 Å². The van der Waals surface area contributed by atoms with Crippen LogP contribution in [0.4, 0.5) is 5.69 Å². The number of carbonyl (C=O) groups is 1. The summed E-state index contributed by atoms with van der Waals surface area (Å²) in [7, 11) is 0. The van der Waals surface area contributed by atoms with Crippen LogP contribution < -0.4 is 4.90 Å². The summed E-state index contributed by atoms with van der Waals surface area (Å²) in [4.78, 5) is 25.4. The Kier molecular flexibility index (Phi) is 5.63. The van der Waals surface area contributed by atoms with E-state index < -0.39 is 6.10 Å². The van der Waals surface area contributed by atoms with Crippen molar-refractivity contribution in [3.8, 4) is 0 Å². The molecule has 0 spiro atoms. The summed E-state index contributed by atoms with van der Waals surface area (Å²) in [6.07, 6.45) is 1.36. The molecule has 3 heterocycles. The van der Waals surface area contributed by atoms with Crippen LogP contribution >= 0.6 is 11.6 Å². The molecule has 2 fully saturated rings. The third kappa shape index (κ3) is 3.78. The van der Waals surface area contributed by atoms with Gasteiger partial charge in [0.2, 0.25) is 5.78 Å². The van der Waals surface area contributed by atoms with Crippen molar-refractivity contribution in [3.05, 3.63) is 23.0 Å². The van der Waals surface area contributed by atoms with Gasteiger partial charge >= 0.3 is 0 Å². The number of halogens is 1. The summed E-state index contributed by atoms with van der Waals surface area (Å²) in [5, 5.41) is 0.689. The molecule has 3 unspecified atom stereocenters. The standard InChI is InChI=1S/C21H29ClN4O2/c1-4-25-6-7-26(14(3)12-25)18-11-17-16(10-15(18)22)23-21(24-17)20(27)19-9-13(2)5-8-28-19/h10-11,13-14,19H,4-9,12H2,1-3H3,(H,23,24). The van der Waals surface area contributed by atoms with Gasteiger partial charge < -0.3 is 14.6 Å². The number of aromatic nitrogens is 2. The normalized spacial score (nSPS) is 26.7. The second kappa shape index (κ2) is 8.01. The van der Waals surface area contributed by atoms with Gasteiger partial charge in [0.15, 0.2) is 5.82 Å². The zero-order chi connectivity index (χ0) is 19.8. The lowest BCUT2D eigenvalue weighted by Crippen LogP contribution is -2.51. The number of hydrogen-bond donors (Lipinski definition) is 1. The molecule has 0 saturated carbocycles. The van der Waals surface area contributed by atoms with E-state index in [9.17, 15) is 4.79 Å². The number of H-pyrrole nitrogens is 1. The Morgan fingerprint density at radius 1 is 1.36 bits per heavy atom. The van der Waals surface area contributed by atoms with Gasteiger partial charge in [-0.3, -0.25) is 9.69 Å². The van der Waals surface area contributed by atoms with Crippen LogP contribution in [0.5, 0.6) is 0 Å². The van der Waals surface area contributed by atoms with Crippen molar-refractivity contribution in [2.24, 2.45) is 5.92 Å². The van der Waals surface area contributed by atoms with E-state index in [-0.39, 0.29) is 5.78 Å². The number of nitrogens with one attached hydrogen (secondary N) is 1. The van der Waals surface area contributed by atoms with Gasteiger partial charge in [0.25, 0.3) is 0 Å². The van der Waals surface area contributed by atoms with Crippen LogP contribution in [0.2, 0.25) is 5.02 Å². The first-order valence-electron chi connectivity index (χ1n) is 10.3. The largest absolute Gasteiger partial charge is 0.370 e.